The third-order valence-corrected chi connectivity index (χ3v) is 6.06. The molecule has 0 bridgehead atoms. The molecule has 1 saturated carbocycles. The summed E-state index contributed by atoms with van der Waals surface area (Å²) in [4.78, 5) is 56.5. The molecule has 4 amide bonds. The summed E-state index contributed by atoms with van der Waals surface area (Å²) in [6, 6.07) is 6.56. The summed E-state index contributed by atoms with van der Waals surface area (Å²) in [5.41, 5.74) is 0.790. The van der Waals surface area contributed by atoms with Crippen molar-refractivity contribution < 1.29 is 23.9 Å². The van der Waals surface area contributed by atoms with Gasteiger partial charge in [-0.15, -0.1) is 0 Å². The SMILES string of the molecule is CCOC(=O)C1=C(C)Nc2ccccc2N=C1NC(=O)CN1C(=O)NC2(CCCCC2)C1=O. The number of rotatable bonds is 4. The van der Waals surface area contributed by atoms with Gasteiger partial charge in [0.15, 0.2) is 0 Å². The summed E-state index contributed by atoms with van der Waals surface area (Å²) in [7, 11) is 0. The maximum atomic E-state index is 13.0. The highest BCUT2D eigenvalue weighted by Crippen LogP contribution is 2.34. The van der Waals surface area contributed by atoms with Gasteiger partial charge in [-0.05, 0) is 38.8 Å². The Balaban J connectivity index is 1.58. The molecular formula is C23H27N5O5. The van der Waals surface area contributed by atoms with Crippen molar-refractivity contribution >= 4 is 41.0 Å². The number of allylic oxidation sites excluding steroid dienone is 1. The molecule has 0 unspecified atom stereocenters. The molecule has 3 aliphatic rings. The monoisotopic (exact) mass is 453 g/mol. The van der Waals surface area contributed by atoms with Gasteiger partial charge in [0.05, 0.1) is 18.0 Å². The summed E-state index contributed by atoms with van der Waals surface area (Å²) in [6.45, 7) is 3.03. The van der Waals surface area contributed by atoms with Crippen LogP contribution in [0.15, 0.2) is 40.5 Å². The van der Waals surface area contributed by atoms with Gasteiger partial charge in [0.25, 0.3) is 5.91 Å². The van der Waals surface area contributed by atoms with Crippen molar-refractivity contribution in [2.75, 3.05) is 18.5 Å². The molecule has 2 heterocycles. The van der Waals surface area contributed by atoms with Crippen LogP contribution in [0.1, 0.15) is 46.0 Å². The first-order valence-electron chi connectivity index (χ1n) is 11.1. The number of ether oxygens (including phenoxy) is 1. The van der Waals surface area contributed by atoms with Gasteiger partial charge in [0.2, 0.25) is 5.91 Å². The standard InChI is InChI=1S/C23H27N5O5/c1-3-33-20(30)18-14(2)24-15-9-5-6-10-16(15)25-19(18)26-17(29)13-28-21(31)23(27-22(28)32)11-7-4-8-12-23/h5-6,9-10,24H,3-4,7-8,11-13H2,1-2H3,(H,27,32)(H,25,26,29). The third kappa shape index (κ3) is 4.33. The van der Waals surface area contributed by atoms with Crippen LogP contribution in [0.2, 0.25) is 0 Å². The first kappa shape index (κ1) is 22.5. The fourth-order valence-electron chi connectivity index (χ4n) is 4.47. The smallest absolute Gasteiger partial charge is 0.343 e. The number of carbonyl (C=O) groups is 4. The zero-order valence-corrected chi connectivity index (χ0v) is 18.7. The van der Waals surface area contributed by atoms with Gasteiger partial charge >= 0.3 is 12.0 Å². The fourth-order valence-corrected chi connectivity index (χ4v) is 4.47. The second-order valence-corrected chi connectivity index (χ2v) is 8.34. The van der Waals surface area contributed by atoms with Gasteiger partial charge in [-0.2, -0.15) is 0 Å². The highest BCUT2D eigenvalue weighted by atomic mass is 16.5. The Morgan fingerprint density at radius 1 is 1.18 bits per heavy atom. The molecule has 1 aliphatic carbocycles. The van der Waals surface area contributed by atoms with E-state index in [1.807, 2.05) is 6.07 Å². The average molecular weight is 453 g/mol. The lowest BCUT2D eigenvalue weighted by atomic mass is 9.82. The first-order chi connectivity index (χ1) is 15.8. The Hall–Kier alpha value is -3.69. The number of benzene rings is 1. The minimum Gasteiger partial charge on any atom is -0.462 e. The number of para-hydroxylation sites is 2. The molecule has 0 aromatic heterocycles. The average Bonchev–Trinajstić information content (AvgIpc) is 2.91. The van der Waals surface area contributed by atoms with Crippen molar-refractivity contribution in [2.45, 2.75) is 51.5 Å². The number of esters is 1. The Kier molecular flexibility index (Phi) is 6.17. The topological polar surface area (TPSA) is 129 Å². The van der Waals surface area contributed by atoms with Crippen molar-refractivity contribution in [3.05, 3.63) is 35.5 Å². The lowest BCUT2D eigenvalue weighted by Crippen LogP contribution is -2.49. The van der Waals surface area contributed by atoms with Gasteiger partial charge < -0.3 is 20.7 Å². The quantitative estimate of drug-likeness (QED) is 0.474. The minimum absolute atomic E-state index is 0.00664. The molecule has 0 atom stereocenters. The van der Waals surface area contributed by atoms with Crippen LogP contribution in [0.5, 0.6) is 0 Å². The number of anilines is 1. The number of carbonyl (C=O) groups excluding carboxylic acids is 4. The summed E-state index contributed by atoms with van der Waals surface area (Å²) >= 11 is 0. The van der Waals surface area contributed by atoms with E-state index >= 15 is 0 Å². The van der Waals surface area contributed by atoms with Gasteiger partial charge in [-0.3, -0.25) is 14.5 Å². The number of hydrogen-bond acceptors (Lipinski definition) is 7. The normalized spacial score (nSPS) is 19.3. The van der Waals surface area contributed by atoms with E-state index in [0.717, 1.165) is 24.2 Å². The highest BCUT2D eigenvalue weighted by molar-refractivity contribution is 6.25. The molecule has 2 fully saturated rings. The van der Waals surface area contributed by atoms with E-state index in [4.69, 9.17) is 4.74 Å². The molecule has 10 nitrogen and oxygen atoms in total. The van der Waals surface area contributed by atoms with Gasteiger partial charge in [-0.25, -0.2) is 14.6 Å². The molecule has 174 valence electrons. The minimum atomic E-state index is -0.912. The lowest BCUT2D eigenvalue weighted by molar-refractivity contribution is -0.138. The maximum Gasteiger partial charge on any atom is 0.343 e. The number of nitrogens with one attached hydrogen (secondary N) is 3. The fraction of sp³-hybridized carbons (Fsp3) is 0.435. The van der Waals surface area contributed by atoms with Gasteiger partial charge in [0.1, 0.15) is 23.5 Å². The number of amides is 4. The molecule has 0 radical (unpaired) electrons. The van der Waals surface area contributed by atoms with Crippen LogP contribution in [0.4, 0.5) is 16.2 Å². The number of nitrogens with zero attached hydrogens (tertiary/aromatic N) is 2. The predicted molar refractivity (Wildman–Crippen MR) is 121 cm³/mol. The number of imide groups is 1. The Morgan fingerprint density at radius 2 is 1.91 bits per heavy atom. The molecular weight excluding hydrogens is 426 g/mol. The molecule has 10 heteroatoms. The van der Waals surface area contributed by atoms with Crippen LogP contribution in [0, 0.1) is 0 Å². The van der Waals surface area contributed by atoms with Crippen LogP contribution >= 0.6 is 0 Å². The van der Waals surface area contributed by atoms with E-state index in [0.29, 0.717) is 29.9 Å². The van der Waals surface area contributed by atoms with Crippen LogP contribution in [-0.4, -0.2) is 53.2 Å². The number of hydrogen-bond donors (Lipinski definition) is 3. The van der Waals surface area contributed by atoms with Gasteiger partial charge in [0, 0.05) is 5.70 Å². The summed E-state index contributed by atoms with van der Waals surface area (Å²) < 4.78 is 5.16. The van der Waals surface area contributed by atoms with Crippen molar-refractivity contribution in [1.82, 2.24) is 15.5 Å². The summed E-state index contributed by atoms with van der Waals surface area (Å²) in [5.74, 6) is -1.67. The van der Waals surface area contributed by atoms with Crippen LogP contribution in [0.3, 0.4) is 0 Å². The predicted octanol–water partition coefficient (Wildman–Crippen LogP) is 2.35. The molecule has 1 aromatic rings. The third-order valence-electron chi connectivity index (χ3n) is 6.06. The molecule has 2 aliphatic heterocycles. The van der Waals surface area contributed by atoms with E-state index in [2.05, 4.69) is 20.9 Å². The molecule has 1 saturated heterocycles. The maximum absolute atomic E-state index is 13.0. The first-order valence-corrected chi connectivity index (χ1v) is 11.1. The lowest BCUT2D eigenvalue weighted by Gasteiger charge is -2.30. The zero-order valence-electron chi connectivity index (χ0n) is 18.7. The molecule has 4 rings (SSSR count). The molecule has 1 aromatic carbocycles. The van der Waals surface area contributed by atoms with Crippen molar-refractivity contribution in [3.8, 4) is 0 Å². The summed E-state index contributed by atoms with van der Waals surface area (Å²) in [6.07, 6.45) is 3.85. The number of amidine groups is 1. The second kappa shape index (κ2) is 9.05. The van der Waals surface area contributed by atoms with Crippen LogP contribution in [0.25, 0.3) is 0 Å². The number of aliphatic imine (C=N–C) groups is 1. The zero-order chi connectivity index (χ0) is 23.6. The Labute approximate surface area is 191 Å². The van der Waals surface area contributed by atoms with Crippen molar-refractivity contribution in [1.29, 1.82) is 0 Å². The van der Waals surface area contributed by atoms with Crippen molar-refractivity contribution in [3.63, 3.8) is 0 Å². The Bertz CT molecular complexity index is 1070. The van der Waals surface area contributed by atoms with E-state index in [1.54, 1.807) is 32.0 Å². The van der Waals surface area contributed by atoms with E-state index in [1.165, 1.54) is 0 Å². The van der Waals surface area contributed by atoms with Gasteiger partial charge in [-0.1, -0.05) is 31.4 Å². The Morgan fingerprint density at radius 3 is 2.64 bits per heavy atom. The second-order valence-electron chi connectivity index (χ2n) is 8.34. The highest BCUT2D eigenvalue weighted by Gasteiger charge is 2.51. The largest absolute Gasteiger partial charge is 0.462 e. The van der Waals surface area contributed by atoms with E-state index in [9.17, 15) is 19.2 Å². The molecule has 33 heavy (non-hydrogen) atoms. The van der Waals surface area contributed by atoms with Crippen LogP contribution in [-0.2, 0) is 19.1 Å². The number of fused-ring (bicyclic) bond motifs is 1. The molecule has 1 spiro atoms. The van der Waals surface area contributed by atoms with E-state index < -0.39 is 30.0 Å². The molecule has 3 N–H and O–H groups in total. The van der Waals surface area contributed by atoms with Crippen LogP contribution < -0.4 is 16.0 Å². The van der Waals surface area contributed by atoms with E-state index in [-0.39, 0.29) is 23.9 Å². The number of urea groups is 1. The summed E-state index contributed by atoms with van der Waals surface area (Å²) in [5, 5.41) is 8.53. The van der Waals surface area contributed by atoms with Crippen molar-refractivity contribution in [2.24, 2.45) is 4.99 Å².